The van der Waals surface area contributed by atoms with E-state index in [2.05, 4.69) is 56.2 Å². The third-order valence-corrected chi connectivity index (χ3v) is 4.76. The number of hydrogen-bond acceptors (Lipinski definition) is 2. The molecule has 0 spiro atoms. The summed E-state index contributed by atoms with van der Waals surface area (Å²) in [5.41, 5.74) is 4.28. The van der Waals surface area contributed by atoms with Crippen LogP contribution in [0.3, 0.4) is 0 Å². The number of rotatable bonds is 5. The zero-order valence-corrected chi connectivity index (χ0v) is 13.6. The average molecular weight is 274 g/mol. The zero-order chi connectivity index (χ0) is 14.5. The van der Waals surface area contributed by atoms with E-state index in [1.807, 2.05) is 0 Å². The van der Waals surface area contributed by atoms with E-state index in [1.54, 1.807) is 0 Å². The molecule has 0 aromatic heterocycles. The first-order valence-corrected chi connectivity index (χ1v) is 8.04. The molecule has 1 N–H and O–H groups in total. The van der Waals surface area contributed by atoms with Gasteiger partial charge in [-0.25, -0.2) is 0 Å². The lowest BCUT2D eigenvalue weighted by atomic mass is 9.91. The fraction of sp³-hybridized carbons (Fsp3) is 0.667. The summed E-state index contributed by atoms with van der Waals surface area (Å²) in [6, 6.07) is 7.55. The van der Waals surface area contributed by atoms with Gasteiger partial charge in [0, 0.05) is 19.1 Å². The van der Waals surface area contributed by atoms with Crippen LogP contribution in [0.15, 0.2) is 18.2 Å². The van der Waals surface area contributed by atoms with Crippen molar-refractivity contribution in [3.8, 4) is 0 Å². The first kappa shape index (κ1) is 15.5. The zero-order valence-electron chi connectivity index (χ0n) is 13.6. The molecule has 1 aromatic carbocycles. The fourth-order valence-corrected chi connectivity index (χ4v) is 3.27. The van der Waals surface area contributed by atoms with Gasteiger partial charge in [-0.3, -0.25) is 4.90 Å². The van der Waals surface area contributed by atoms with Crippen molar-refractivity contribution >= 4 is 0 Å². The molecule has 2 heteroatoms. The van der Waals surface area contributed by atoms with Gasteiger partial charge in [0.15, 0.2) is 0 Å². The Kier molecular flexibility index (Phi) is 5.62. The molecule has 112 valence electrons. The van der Waals surface area contributed by atoms with Gasteiger partial charge in [-0.1, -0.05) is 18.2 Å². The fourth-order valence-electron chi connectivity index (χ4n) is 3.27. The van der Waals surface area contributed by atoms with Gasteiger partial charge in [-0.05, 0) is 76.2 Å². The van der Waals surface area contributed by atoms with Gasteiger partial charge in [-0.2, -0.15) is 0 Å². The van der Waals surface area contributed by atoms with Crippen molar-refractivity contribution in [1.82, 2.24) is 10.2 Å². The molecule has 2 rings (SSSR count). The first-order valence-electron chi connectivity index (χ1n) is 8.04. The molecule has 0 aliphatic carbocycles. The first-order chi connectivity index (χ1) is 9.58. The van der Waals surface area contributed by atoms with Gasteiger partial charge in [0.05, 0.1) is 0 Å². The standard InChI is InChI=1S/C18H30N2/c1-14-7-8-18(10-15(14)2)13-20-9-5-6-17(12-20)11-16(3)19-4/h7-8,10,16-17,19H,5-6,9,11-13H2,1-4H3. The van der Waals surface area contributed by atoms with Gasteiger partial charge < -0.3 is 5.32 Å². The molecule has 0 bridgehead atoms. The van der Waals surface area contributed by atoms with E-state index in [0.717, 1.165) is 12.5 Å². The molecule has 1 aliphatic heterocycles. The van der Waals surface area contributed by atoms with Crippen molar-refractivity contribution in [2.75, 3.05) is 20.1 Å². The second-order valence-corrected chi connectivity index (χ2v) is 6.59. The summed E-state index contributed by atoms with van der Waals surface area (Å²) in [6.45, 7) is 10.3. The van der Waals surface area contributed by atoms with E-state index < -0.39 is 0 Å². The van der Waals surface area contributed by atoms with E-state index >= 15 is 0 Å². The maximum absolute atomic E-state index is 3.37. The highest BCUT2D eigenvalue weighted by Crippen LogP contribution is 2.23. The highest BCUT2D eigenvalue weighted by Gasteiger charge is 2.21. The van der Waals surface area contributed by atoms with E-state index in [0.29, 0.717) is 6.04 Å². The Labute approximate surface area is 124 Å². The Morgan fingerprint density at radius 2 is 2.10 bits per heavy atom. The Morgan fingerprint density at radius 3 is 2.80 bits per heavy atom. The summed E-state index contributed by atoms with van der Waals surface area (Å²) in [5.74, 6) is 0.859. The number of nitrogens with one attached hydrogen (secondary N) is 1. The average Bonchev–Trinajstić information content (AvgIpc) is 2.43. The highest BCUT2D eigenvalue weighted by atomic mass is 15.1. The minimum atomic E-state index is 0.640. The normalized spacial score (nSPS) is 21.9. The van der Waals surface area contributed by atoms with Crippen LogP contribution in [0, 0.1) is 19.8 Å². The summed E-state index contributed by atoms with van der Waals surface area (Å²) in [4.78, 5) is 2.64. The van der Waals surface area contributed by atoms with Crippen LogP contribution < -0.4 is 5.32 Å². The Bertz CT molecular complexity index is 427. The van der Waals surface area contributed by atoms with Crippen LogP contribution in [0.25, 0.3) is 0 Å². The summed E-state index contributed by atoms with van der Waals surface area (Å²) in [5, 5.41) is 3.37. The third-order valence-electron chi connectivity index (χ3n) is 4.76. The Morgan fingerprint density at radius 1 is 1.30 bits per heavy atom. The SMILES string of the molecule is CNC(C)CC1CCCN(Cc2ccc(C)c(C)c2)C1. The van der Waals surface area contributed by atoms with Gasteiger partial charge in [0.2, 0.25) is 0 Å². The maximum atomic E-state index is 3.37. The topological polar surface area (TPSA) is 15.3 Å². The van der Waals surface area contributed by atoms with Crippen molar-refractivity contribution in [2.45, 2.75) is 52.6 Å². The van der Waals surface area contributed by atoms with Crippen molar-refractivity contribution in [3.05, 3.63) is 34.9 Å². The molecule has 1 heterocycles. The molecule has 1 saturated heterocycles. The van der Waals surface area contributed by atoms with E-state index in [4.69, 9.17) is 0 Å². The monoisotopic (exact) mass is 274 g/mol. The van der Waals surface area contributed by atoms with E-state index in [9.17, 15) is 0 Å². The summed E-state index contributed by atoms with van der Waals surface area (Å²) < 4.78 is 0. The van der Waals surface area contributed by atoms with Crippen LogP contribution in [0.4, 0.5) is 0 Å². The molecular formula is C18H30N2. The molecule has 1 fully saturated rings. The molecule has 0 saturated carbocycles. The lowest BCUT2D eigenvalue weighted by molar-refractivity contribution is 0.155. The minimum Gasteiger partial charge on any atom is -0.317 e. The number of nitrogens with zero attached hydrogens (tertiary/aromatic N) is 1. The summed E-state index contributed by atoms with van der Waals surface area (Å²) in [7, 11) is 2.07. The molecule has 1 aliphatic rings. The molecular weight excluding hydrogens is 244 g/mol. The number of hydrogen-bond donors (Lipinski definition) is 1. The second kappa shape index (κ2) is 7.24. The third kappa shape index (κ3) is 4.32. The molecule has 0 radical (unpaired) electrons. The predicted molar refractivity (Wildman–Crippen MR) is 87.1 cm³/mol. The van der Waals surface area contributed by atoms with Crippen LogP contribution in [-0.2, 0) is 6.54 Å². The molecule has 2 atom stereocenters. The number of piperidine rings is 1. The molecule has 2 nitrogen and oxygen atoms in total. The van der Waals surface area contributed by atoms with Gasteiger partial charge in [0.1, 0.15) is 0 Å². The summed E-state index contributed by atoms with van der Waals surface area (Å²) in [6.07, 6.45) is 4.06. The number of likely N-dealkylation sites (tertiary alicyclic amines) is 1. The smallest absolute Gasteiger partial charge is 0.0233 e. The van der Waals surface area contributed by atoms with Crippen LogP contribution in [0.5, 0.6) is 0 Å². The second-order valence-electron chi connectivity index (χ2n) is 6.59. The van der Waals surface area contributed by atoms with Crippen molar-refractivity contribution < 1.29 is 0 Å². The number of aryl methyl sites for hydroxylation is 2. The lowest BCUT2D eigenvalue weighted by Gasteiger charge is -2.34. The quantitative estimate of drug-likeness (QED) is 0.884. The Balaban J connectivity index is 1.90. The predicted octanol–water partition coefficient (Wildman–Crippen LogP) is 3.51. The van der Waals surface area contributed by atoms with Crippen LogP contribution in [0.2, 0.25) is 0 Å². The van der Waals surface area contributed by atoms with Crippen molar-refractivity contribution in [2.24, 2.45) is 5.92 Å². The van der Waals surface area contributed by atoms with Crippen LogP contribution in [0.1, 0.15) is 42.9 Å². The molecule has 20 heavy (non-hydrogen) atoms. The molecule has 0 amide bonds. The highest BCUT2D eigenvalue weighted by molar-refractivity contribution is 5.29. The van der Waals surface area contributed by atoms with Gasteiger partial charge in [0.25, 0.3) is 0 Å². The van der Waals surface area contributed by atoms with Crippen molar-refractivity contribution in [1.29, 1.82) is 0 Å². The largest absolute Gasteiger partial charge is 0.317 e. The Hall–Kier alpha value is -0.860. The minimum absolute atomic E-state index is 0.640. The van der Waals surface area contributed by atoms with Gasteiger partial charge in [-0.15, -0.1) is 0 Å². The van der Waals surface area contributed by atoms with E-state index in [1.165, 1.54) is 49.0 Å². The lowest BCUT2D eigenvalue weighted by Crippen LogP contribution is -2.37. The van der Waals surface area contributed by atoms with Crippen LogP contribution >= 0.6 is 0 Å². The maximum Gasteiger partial charge on any atom is 0.0233 e. The molecule has 2 unspecified atom stereocenters. The van der Waals surface area contributed by atoms with Gasteiger partial charge >= 0.3 is 0 Å². The number of benzene rings is 1. The van der Waals surface area contributed by atoms with Crippen molar-refractivity contribution in [3.63, 3.8) is 0 Å². The van der Waals surface area contributed by atoms with Crippen LogP contribution in [-0.4, -0.2) is 31.1 Å². The summed E-state index contributed by atoms with van der Waals surface area (Å²) >= 11 is 0. The molecule has 1 aromatic rings. The van der Waals surface area contributed by atoms with E-state index in [-0.39, 0.29) is 0 Å².